The van der Waals surface area contributed by atoms with E-state index in [1.54, 1.807) is 0 Å². The van der Waals surface area contributed by atoms with Gasteiger partial charge in [0.05, 0.1) is 72.3 Å². The summed E-state index contributed by atoms with van der Waals surface area (Å²) in [6.07, 6.45) is 0. The highest BCUT2D eigenvalue weighted by molar-refractivity contribution is 9.10. The molecule has 0 N–H and O–H groups in total. The monoisotopic (exact) mass is 678 g/mol. The van der Waals surface area contributed by atoms with E-state index in [9.17, 15) is 0 Å². The first-order valence-corrected chi connectivity index (χ1v) is 17.1. The van der Waals surface area contributed by atoms with E-state index >= 15 is 4.79 Å². The van der Waals surface area contributed by atoms with Crippen molar-refractivity contribution in [2.45, 2.75) is 31.8 Å². The third-order valence-corrected chi connectivity index (χ3v) is 19.5. The first kappa shape index (κ1) is 21.9. The van der Waals surface area contributed by atoms with Crippen molar-refractivity contribution >= 4 is 37.6 Å². The summed E-state index contributed by atoms with van der Waals surface area (Å²) in [6, 6.07) is 0. The van der Waals surface area contributed by atoms with Gasteiger partial charge in [-0.05, 0) is 47.3 Å². The minimum Gasteiger partial charge on any atom is -0.346 e. The van der Waals surface area contributed by atoms with E-state index in [2.05, 4.69) is 31.9 Å². The van der Waals surface area contributed by atoms with Gasteiger partial charge < -0.3 is 37.9 Å². The SMILES string of the molecule is O=C([C@]12[C@@H]3[C@H]4[C@H]([C@@H]5[C@@H]1[C@H]3[C@@]4(Br)C51OCCO1)C21OCCO1)[C@]12[C@H]3[C@H]4[C@H]([C@@H]5[C@@H]1[C@H]3[C@@]4(Br)C51OCCO1)C21OCCO1. The van der Waals surface area contributed by atoms with Crippen LogP contribution >= 0.6 is 31.9 Å². The Morgan fingerprint density at radius 3 is 1.00 bits per heavy atom. The molecule has 212 valence electrons. The number of halogens is 2. The Morgan fingerprint density at radius 2 is 0.650 bits per heavy atom. The summed E-state index contributed by atoms with van der Waals surface area (Å²) in [5.74, 6) is -0.551. The molecule has 4 saturated heterocycles. The highest BCUT2D eigenvalue weighted by atomic mass is 79.9. The van der Waals surface area contributed by atoms with Gasteiger partial charge in [-0.15, -0.1) is 0 Å². The highest BCUT2D eigenvalue weighted by Gasteiger charge is 3.15. The number of rotatable bonds is 2. The average Bonchev–Trinajstić information content (AvgIpc) is 3.80. The molecular weight excluding hydrogens is 652 g/mol. The van der Waals surface area contributed by atoms with Gasteiger partial charge >= 0.3 is 0 Å². The lowest BCUT2D eigenvalue weighted by Crippen LogP contribution is -2.84. The van der Waals surface area contributed by atoms with E-state index in [-0.39, 0.29) is 67.8 Å². The number of carbonyl (C=O) groups excluding carboxylic acids is 1. The topological polar surface area (TPSA) is 90.9 Å². The van der Waals surface area contributed by atoms with Gasteiger partial charge in [0.15, 0.2) is 28.9 Å². The van der Waals surface area contributed by atoms with Crippen molar-refractivity contribution in [3.8, 4) is 0 Å². The summed E-state index contributed by atoms with van der Waals surface area (Å²) in [4.78, 5) is 16.2. The Morgan fingerprint density at radius 1 is 0.400 bits per heavy atom. The van der Waals surface area contributed by atoms with Gasteiger partial charge in [0.2, 0.25) is 0 Å². The number of hydrogen-bond acceptors (Lipinski definition) is 9. The van der Waals surface area contributed by atoms with Crippen LogP contribution in [-0.2, 0) is 42.7 Å². The number of Topliss-reactive ketones (excluding diaryl/α,β-unsaturated/α-hetero) is 1. The molecule has 16 fully saturated rings. The molecule has 16 aliphatic rings. The van der Waals surface area contributed by atoms with Crippen molar-refractivity contribution in [2.75, 3.05) is 52.9 Å². The normalized spacial score (nSPS) is 71.5. The molecule has 9 nitrogen and oxygen atoms in total. The number of ketones is 1. The summed E-state index contributed by atoms with van der Waals surface area (Å²) in [5, 5.41) is 0. The third-order valence-electron chi connectivity index (χ3n) is 16.3. The summed E-state index contributed by atoms with van der Waals surface area (Å²) >= 11 is 8.50. The maximum Gasteiger partial charge on any atom is 0.188 e. The van der Waals surface area contributed by atoms with Gasteiger partial charge in [-0.2, -0.15) is 0 Å². The van der Waals surface area contributed by atoms with Crippen LogP contribution in [0.2, 0.25) is 0 Å². The summed E-state index contributed by atoms with van der Waals surface area (Å²) in [7, 11) is 0. The summed E-state index contributed by atoms with van der Waals surface area (Å²) < 4.78 is 52.9. The quantitative estimate of drug-likeness (QED) is 0.401. The highest BCUT2D eigenvalue weighted by Crippen LogP contribution is 3.06. The maximum atomic E-state index is 16.2. The number of carbonyl (C=O) groups is 1. The molecule has 4 aliphatic heterocycles. The number of alkyl halides is 2. The molecule has 11 heteroatoms. The Bertz CT molecular complexity index is 1330. The molecule has 16 atom stereocenters. The molecule has 16 rings (SSSR count). The van der Waals surface area contributed by atoms with Crippen LogP contribution in [0.1, 0.15) is 0 Å². The second kappa shape index (κ2) is 5.41. The van der Waals surface area contributed by atoms with E-state index in [0.29, 0.717) is 70.5 Å². The zero-order valence-electron chi connectivity index (χ0n) is 21.5. The number of hydrogen-bond donors (Lipinski definition) is 0. The Balaban J connectivity index is 1.02. The Kier molecular flexibility index (Phi) is 2.96. The van der Waals surface area contributed by atoms with E-state index < -0.39 is 34.0 Å². The summed E-state index contributed by atoms with van der Waals surface area (Å²) in [6.45, 7) is 4.53. The first-order valence-electron chi connectivity index (χ1n) is 15.5. The van der Waals surface area contributed by atoms with Gasteiger partial charge in [0.1, 0.15) is 0 Å². The van der Waals surface area contributed by atoms with Crippen LogP contribution in [0, 0.1) is 81.8 Å². The molecule has 0 radical (unpaired) electrons. The third kappa shape index (κ3) is 1.28. The minimum atomic E-state index is -0.904. The van der Waals surface area contributed by atoms with E-state index in [1.807, 2.05) is 0 Å². The van der Waals surface area contributed by atoms with Gasteiger partial charge in [0.25, 0.3) is 0 Å². The minimum absolute atomic E-state index is 0.0997. The molecule has 8 bridgehead atoms. The van der Waals surface area contributed by atoms with Crippen LogP contribution in [0.15, 0.2) is 0 Å². The van der Waals surface area contributed by atoms with Crippen molar-refractivity contribution < 1.29 is 42.7 Å². The lowest BCUT2D eigenvalue weighted by atomic mass is 9.27. The van der Waals surface area contributed by atoms with Crippen LogP contribution in [0.5, 0.6) is 0 Å². The Labute approximate surface area is 246 Å². The van der Waals surface area contributed by atoms with Crippen LogP contribution in [0.4, 0.5) is 0 Å². The number of ether oxygens (including phenoxy) is 8. The van der Waals surface area contributed by atoms with Crippen molar-refractivity contribution in [2.24, 2.45) is 81.8 Å². The molecule has 40 heavy (non-hydrogen) atoms. The molecule has 0 unspecified atom stereocenters. The van der Waals surface area contributed by atoms with Crippen molar-refractivity contribution in [1.29, 1.82) is 0 Å². The lowest BCUT2D eigenvalue weighted by Gasteiger charge is -2.76. The summed E-state index contributed by atoms with van der Waals surface area (Å²) in [5.41, 5.74) is -1.41. The molecule has 0 aromatic rings. The van der Waals surface area contributed by atoms with Gasteiger partial charge in [-0.1, -0.05) is 31.9 Å². The smallest absolute Gasteiger partial charge is 0.188 e. The predicted octanol–water partition coefficient (Wildman–Crippen LogP) is 1.30. The molecule has 0 aromatic heterocycles. The molecule has 4 heterocycles. The first-order chi connectivity index (χ1) is 19.4. The van der Waals surface area contributed by atoms with Crippen molar-refractivity contribution in [3.63, 3.8) is 0 Å². The van der Waals surface area contributed by atoms with Gasteiger partial charge in [-0.25, -0.2) is 0 Å². The lowest BCUT2D eigenvalue weighted by molar-refractivity contribution is -0.321. The molecule has 12 aliphatic carbocycles. The van der Waals surface area contributed by atoms with Crippen LogP contribution in [0.25, 0.3) is 0 Å². The van der Waals surface area contributed by atoms with Crippen LogP contribution < -0.4 is 0 Å². The molecule has 0 amide bonds. The van der Waals surface area contributed by atoms with Gasteiger partial charge in [0, 0.05) is 23.7 Å². The molecule has 0 aromatic carbocycles. The fourth-order valence-corrected chi connectivity index (χ4v) is 20.2. The van der Waals surface area contributed by atoms with E-state index in [4.69, 9.17) is 37.9 Å². The molecule has 4 spiro atoms. The maximum absolute atomic E-state index is 16.2. The standard InChI is InChI=1S/C29H28Br2O9/c30-24-13-9-15(24)19-17(28(24)37-5-6-38-28)11(13)22(9,26(19)33-1-2-34-26)21(32)23-10-14-12(23)18-20(27(23)35-3-4-36-27)16(10)25(14,31)29(18)39-7-8-40-29/h9-20H,1-8H2/t9-,10+,11-,12-,13-,14-,15-,16-,17-,18-,19+,20+,22-,23-,24-,25-/m0/s1. The van der Waals surface area contributed by atoms with Crippen molar-refractivity contribution in [1.82, 2.24) is 0 Å². The fraction of sp³-hybridized carbons (Fsp3) is 0.966. The zero-order valence-corrected chi connectivity index (χ0v) is 24.7. The van der Waals surface area contributed by atoms with Gasteiger partial charge in [-0.3, -0.25) is 4.79 Å². The Hall–Kier alpha value is 0.310. The van der Waals surface area contributed by atoms with Crippen LogP contribution in [0.3, 0.4) is 0 Å². The molecular formula is C29H28Br2O9. The molecule has 12 saturated carbocycles. The van der Waals surface area contributed by atoms with E-state index in [0.717, 1.165) is 0 Å². The zero-order chi connectivity index (χ0) is 25.8. The predicted molar refractivity (Wildman–Crippen MR) is 134 cm³/mol. The van der Waals surface area contributed by atoms with E-state index in [1.165, 1.54) is 0 Å². The largest absolute Gasteiger partial charge is 0.346 e. The second-order valence-electron chi connectivity index (χ2n) is 15.4. The van der Waals surface area contributed by atoms with Crippen molar-refractivity contribution in [3.05, 3.63) is 0 Å². The second-order valence-corrected chi connectivity index (χ2v) is 18.0. The van der Waals surface area contributed by atoms with Crippen LogP contribution in [-0.4, -0.2) is 90.4 Å². The average molecular weight is 680 g/mol. The fourth-order valence-electron chi connectivity index (χ4n) is 16.9.